The molecule has 1 aliphatic rings. The minimum absolute atomic E-state index is 0.00222. The van der Waals surface area contributed by atoms with E-state index < -0.39 is 4.92 Å². The monoisotopic (exact) mass is 272 g/mol. The van der Waals surface area contributed by atoms with Gasteiger partial charge in [-0.25, -0.2) is 4.98 Å². The first-order valence-electron chi connectivity index (χ1n) is 5.54. The number of nitro groups is 1. The van der Waals surface area contributed by atoms with Gasteiger partial charge in [0.1, 0.15) is 6.20 Å². The molecule has 1 aromatic heterocycles. The summed E-state index contributed by atoms with van der Waals surface area (Å²) >= 11 is 5.71. The van der Waals surface area contributed by atoms with Gasteiger partial charge in [0.05, 0.1) is 17.1 Å². The summed E-state index contributed by atoms with van der Waals surface area (Å²) in [5, 5.41) is 11.0. The van der Waals surface area contributed by atoms with Gasteiger partial charge in [-0.2, -0.15) is 4.98 Å². The van der Waals surface area contributed by atoms with Crippen LogP contribution < -0.4 is 4.90 Å². The third-order valence-electron chi connectivity index (χ3n) is 2.64. The molecule has 2 rings (SSSR count). The van der Waals surface area contributed by atoms with E-state index in [0.29, 0.717) is 13.1 Å². The predicted molar refractivity (Wildman–Crippen MR) is 65.9 cm³/mol. The first-order chi connectivity index (χ1) is 8.47. The number of halogens is 1. The van der Waals surface area contributed by atoms with E-state index in [1.807, 2.05) is 18.7 Å². The molecular weight excluding hydrogens is 260 g/mol. The molecule has 1 aliphatic heterocycles. The molecule has 0 spiro atoms. The molecule has 8 heteroatoms. The topological polar surface area (TPSA) is 81.4 Å². The number of rotatable bonds is 2. The molecule has 0 aromatic carbocycles. The average molecular weight is 273 g/mol. The van der Waals surface area contributed by atoms with Gasteiger partial charge in [-0.1, -0.05) is 0 Å². The molecule has 1 saturated heterocycles. The third kappa shape index (κ3) is 2.68. The van der Waals surface area contributed by atoms with Crippen LogP contribution in [0.25, 0.3) is 0 Å². The van der Waals surface area contributed by atoms with Crippen molar-refractivity contribution in [3.63, 3.8) is 0 Å². The molecule has 2 atom stereocenters. The third-order valence-corrected chi connectivity index (χ3v) is 2.82. The Kier molecular flexibility index (Phi) is 3.63. The highest BCUT2D eigenvalue weighted by atomic mass is 35.5. The molecule has 0 N–H and O–H groups in total. The van der Waals surface area contributed by atoms with Crippen molar-refractivity contribution < 1.29 is 9.66 Å². The lowest BCUT2D eigenvalue weighted by molar-refractivity contribution is -0.384. The van der Waals surface area contributed by atoms with E-state index in [2.05, 4.69) is 9.97 Å². The number of anilines is 1. The van der Waals surface area contributed by atoms with Crippen molar-refractivity contribution >= 4 is 23.1 Å². The van der Waals surface area contributed by atoms with Gasteiger partial charge in [0.25, 0.3) is 0 Å². The van der Waals surface area contributed by atoms with Crippen LogP contribution >= 0.6 is 11.6 Å². The van der Waals surface area contributed by atoms with Crippen LogP contribution in [0.4, 0.5) is 11.5 Å². The van der Waals surface area contributed by atoms with Crippen LogP contribution in [0.3, 0.4) is 0 Å². The average Bonchev–Trinajstić information content (AvgIpc) is 2.27. The lowest BCUT2D eigenvalue weighted by Crippen LogP contribution is -2.46. The Labute approximate surface area is 109 Å². The fraction of sp³-hybridized carbons (Fsp3) is 0.600. The van der Waals surface area contributed by atoms with Crippen LogP contribution in [0.5, 0.6) is 0 Å². The fourth-order valence-corrected chi connectivity index (χ4v) is 2.19. The Morgan fingerprint density at radius 1 is 1.50 bits per heavy atom. The highest BCUT2D eigenvalue weighted by Crippen LogP contribution is 2.28. The molecule has 98 valence electrons. The number of morpholine rings is 1. The second-order valence-corrected chi connectivity index (χ2v) is 4.61. The van der Waals surface area contributed by atoms with Crippen LogP contribution in [0, 0.1) is 10.1 Å². The molecule has 0 unspecified atom stereocenters. The molecule has 1 fully saturated rings. The summed E-state index contributed by atoms with van der Waals surface area (Å²) in [5.41, 5.74) is -0.138. The van der Waals surface area contributed by atoms with E-state index in [1.165, 1.54) is 0 Å². The maximum absolute atomic E-state index is 11.0. The second kappa shape index (κ2) is 5.03. The summed E-state index contributed by atoms with van der Waals surface area (Å²) in [7, 11) is 0. The van der Waals surface area contributed by atoms with Gasteiger partial charge in [0.15, 0.2) is 0 Å². The fourth-order valence-electron chi connectivity index (χ4n) is 2.06. The van der Waals surface area contributed by atoms with Crippen molar-refractivity contribution in [2.45, 2.75) is 26.1 Å². The highest BCUT2D eigenvalue weighted by molar-refractivity contribution is 6.28. The Hall–Kier alpha value is -1.47. The molecular formula is C10H13ClN4O3. The molecule has 2 heterocycles. The highest BCUT2D eigenvalue weighted by Gasteiger charge is 2.29. The molecule has 0 radical (unpaired) electrons. The van der Waals surface area contributed by atoms with Crippen LogP contribution in [0.2, 0.25) is 5.28 Å². The number of ether oxygens (including phenoxy) is 1. The molecule has 0 amide bonds. The quantitative estimate of drug-likeness (QED) is 0.463. The van der Waals surface area contributed by atoms with Gasteiger partial charge in [-0.3, -0.25) is 10.1 Å². The first-order valence-corrected chi connectivity index (χ1v) is 5.92. The SMILES string of the molecule is C[C@@H]1CN(c2nc(Cl)ncc2[N+](=O)[O-])C[C@H](C)O1. The maximum Gasteiger partial charge on any atom is 0.329 e. The van der Waals surface area contributed by atoms with E-state index in [4.69, 9.17) is 16.3 Å². The van der Waals surface area contributed by atoms with Crippen LogP contribution in [0.1, 0.15) is 13.8 Å². The Morgan fingerprint density at radius 2 is 2.11 bits per heavy atom. The maximum atomic E-state index is 11.0. The molecule has 0 saturated carbocycles. The first kappa shape index (κ1) is 13.0. The predicted octanol–water partition coefficient (Wildman–Crippen LogP) is 1.65. The van der Waals surface area contributed by atoms with Gasteiger partial charge >= 0.3 is 5.69 Å². The van der Waals surface area contributed by atoms with Gasteiger partial charge < -0.3 is 9.64 Å². The molecule has 7 nitrogen and oxygen atoms in total. The lowest BCUT2D eigenvalue weighted by Gasteiger charge is -2.35. The Balaban J connectivity index is 2.36. The summed E-state index contributed by atoms with van der Waals surface area (Å²) in [6.07, 6.45) is 1.11. The standard InChI is InChI=1S/C10H13ClN4O3/c1-6-4-14(5-7(2)18-6)9-8(15(16)17)3-12-10(11)13-9/h3,6-7H,4-5H2,1-2H3/t6-,7+. The summed E-state index contributed by atoms with van der Waals surface area (Å²) in [4.78, 5) is 19.9. The minimum Gasteiger partial charge on any atom is -0.372 e. The number of hydrogen-bond acceptors (Lipinski definition) is 6. The molecule has 1 aromatic rings. The van der Waals surface area contributed by atoms with Crippen LogP contribution in [-0.4, -0.2) is 40.2 Å². The molecule has 0 aliphatic carbocycles. The van der Waals surface area contributed by atoms with Gasteiger partial charge in [-0.15, -0.1) is 0 Å². The summed E-state index contributed by atoms with van der Waals surface area (Å²) in [6, 6.07) is 0. The summed E-state index contributed by atoms with van der Waals surface area (Å²) in [5.74, 6) is 0.252. The smallest absolute Gasteiger partial charge is 0.329 e. The van der Waals surface area contributed by atoms with Crippen LogP contribution in [-0.2, 0) is 4.74 Å². The van der Waals surface area contributed by atoms with Gasteiger partial charge in [0.2, 0.25) is 11.1 Å². The summed E-state index contributed by atoms with van der Waals surface area (Å²) < 4.78 is 5.58. The van der Waals surface area contributed by atoms with E-state index >= 15 is 0 Å². The van der Waals surface area contributed by atoms with Crippen molar-refractivity contribution in [3.8, 4) is 0 Å². The van der Waals surface area contributed by atoms with E-state index in [0.717, 1.165) is 6.20 Å². The van der Waals surface area contributed by atoms with Crippen LogP contribution in [0.15, 0.2) is 6.20 Å². The van der Waals surface area contributed by atoms with Crippen molar-refractivity contribution in [1.29, 1.82) is 0 Å². The Bertz CT molecular complexity index is 460. The summed E-state index contributed by atoms with van der Waals surface area (Å²) in [6.45, 7) is 4.91. The van der Waals surface area contributed by atoms with E-state index in [1.54, 1.807) is 0 Å². The molecule has 18 heavy (non-hydrogen) atoms. The van der Waals surface area contributed by atoms with Gasteiger partial charge in [-0.05, 0) is 25.4 Å². The van der Waals surface area contributed by atoms with Crippen molar-refractivity contribution in [1.82, 2.24) is 9.97 Å². The number of nitrogens with zero attached hydrogens (tertiary/aromatic N) is 4. The Morgan fingerprint density at radius 3 is 2.67 bits per heavy atom. The number of hydrogen-bond donors (Lipinski definition) is 0. The van der Waals surface area contributed by atoms with Crippen molar-refractivity contribution in [2.75, 3.05) is 18.0 Å². The number of aromatic nitrogens is 2. The van der Waals surface area contributed by atoms with Gasteiger partial charge in [0, 0.05) is 13.1 Å². The van der Waals surface area contributed by atoms with Crippen molar-refractivity contribution in [3.05, 3.63) is 21.6 Å². The zero-order chi connectivity index (χ0) is 13.3. The minimum atomic E-state index is -0.504. The van der Waals surface area contributed by atoms with E-state index in [-0.39, 0.29) is 29.0 Å². The van der Waals surface area contributed by atoms with Crippen molar-refractivity contribution in [2.24, 2.45) is 0 Å². The second-order valence-electron chi connectivity index (χ2n) is 4.27. The normalized spacial score (nSPS) is 24.1. The largest absolute Gasteiger partial charge is 0.372 e. The molecule has 0 bridgehead atoms. The van der Waals surface area contributed by atoms with E-state index in [9.17, 15) is 10.1 Å². The zero-order valence-corrected chi connectivity index (χ0v) is 10.8. The zero-order valence-electron chi connectivity index (χ0n) is 10.0. The lowest BCUT2D eigenvalue weighted by atomic mass is 10.2.